The Labute approximate surface area is 172 Å². The molecule has 0 amide bonds. The Hall–Kier alpha value is -2.66. The van der Waals surface area contributed by atoms with Crippen LogP contribution in [0.2, 0.25) is 0 Å². The summed E-state index contributed by atoms with van der Waals surface area (Å²) in [4.78, 5) is 25.4. The number of carboxylic acid groups (broad SMARTS) is 2. The summed E-state index contributed by atoms with van der Waals surface area (Å²) in [6.07, 6.45) is 1.40. The standard InChI is InChI=1S/C24H29NO4/c1-17-15-25(16-20(23(28)29)13-18-7-4-3-5-8-18)12-11-24(17,2)21-10-6-9-19(14-21)22(26)27/h3-10,14,17,20H,11-13,15-16H2,1-2H3,(H,26,27)(H,28,29)/t17-,20-,24+/m0/s1. The quantitative estimate of drug-likeness (QED) is 0.743. The van der Waals surface area contributed by atoms with E-state index in [-0.39, 0.29) is 11.3 Å². The highest BCUT2D eigenvalue weighted by molar-refractivity contribution is 5.87. The molecule has 154 valence electrons. The third kappa shape index (κ3) is 4.85. The minimum Gasteiger partial charge on any atom is -0.481 e. The van der Waals surface area contributed by atoms with Gasteiger partial charge >= 0.3 is 11.9 Å². The first-order chi connectivity index (χ1) is 13.8. The van der Waals surface area contributed by atoms with Crippen LogP contribution in [0.25, 0.3) is 0 Å². The summed E-state index contributed by atoms with van der Waals surface area (Å²) in [5.74, 6) is -1.83. The van der Waals surface area contributed by atoms with E-state index < -0.39 is 17.9 Å². The van der Waals surface area contributed by atoms with Crippen LogP contribution in [-0.4, -0.2) is 46.7 Å². The largest absolute Gasteiger partial charge is 0.481 e. The lowest BCUT2D eigenvalue weighted by molar-refractivity contribution is -0.142. The molecule has 1 heterocycles. The second kappa shape index (κ2) is 8.78. The van der Waals surface area contributed by atoms with Gasteiger partial charge in [0.05, 0.1) is 11.5 Å². The minimum atomic E-state index is -0.911. The fourth-order valence-corrected chi connectivity index (χ4v) is 4.36. The molecule has 0 aliphatic carbocycles. The van der Waals surface area contributed by atoms with Crippen molar-refractivity contribution >= 4 is 11.9 Å². The van der Waals surface area contributed by atoms with Gasteiger partial charge in [-0.15, -0.1) is 0 Å². The van der Waals surface area contributed by atoms with Gasteiger partial charge in [0.25, 0.3) is 0 Å². The molecule has 5 nitrogen and oxygen atoms in total. The first kappa shape index (κ1) is 21.1. The Morgan fingerprint density at radius 2 is 1.86 bits per heavy atom. The average molecular weight is 395 g/mol. The van der Waals surface area contributed by atoms with Crippen LogP contribution in [0.15, 0.2) is 54.6 Å². The molecule has 3 rings (SSSR count). The molecule has 0 unspecified atom stereocenters. The fourth-order valence-electron chi connectivity index (χ4n) is 4.36. The van der Waals surface area contributed by atoms with Crippen LogP contribution in [0.5, 0.6) is 0 Å². The molecule has 0 spiro atoms. The van der Waals surface area contributed by atoms with Crippen molar-refractivity contribution in [2.45, 2.75) is 32.1 Å². The SMILES string of the molecule is C[C@H]1CN(C[C@H](Cc2ccccc2)C(=O)O)CC[C@@]1(C)c1cccc(C(=O)O)c1. The van der Waals surface area contributed by atoms with Crippen molar-refractivity contribution in [3.8, 4) is 0 Å². The number of benzene rings is 2. The maximum Gasteiger partial charge on any atom is 0.335 e. The fraction of sp³-hybridized carbons (Fsp3) is 0.417. The molecule has 0 bridgehead atoms. The predicted octanol–water partition coefficient (Wildman–Crippen LogP) is 3.93. The smallest absolute Gasteiger partial charge is 0.335 e. The molecule has 1 aliphatic rings. The predicted molar refractivity (Wildman–Crippen MR) is 112 cm³/mol. The Kier molecular flexibility index (Phi) is 6.38. The van der Waals surface area contributed by atoms with Crippen molar-refractivity contribution in [3.05, 3.63) is 71.3 Å². The van der Waals surface area contributed by atoms with Gasteiger partial charge in [0, 0.05) is 13.1 Å². The van der Waals surface area contributed by atoms with Crippen LogP contribution in [-0.2, 0) is 16.6 Å². The van der Waals surface area contributed by atoms with Gasteiger partial charge in [0.15, 0.2) is 0 Å². The summed E-state index contributed by atoms with van der Waals surface area (Å²) in [7, 11) is 0. The van der Waals surface area contributed by atoms with Crippen molar-refractivity contribution in [1.29, 1.82) is 0 Å². The molecule has 1 fully saturated rings. The van der Waals surface area contributed by atoms with E-state index in [0.717, 1.165) is 30.6 Å². The molecule has 0 saturated carbocycles. The molecule has 29 heavy (non-hydrogen) atoms. The first-order valence-electron chi connectivity index (χ1n) is 10.1. The van der Waals surface area contributed by atoms with Crippen LogP contribution in [0, 0.1) is 11.8 Å². The lowest BCUT2D eigenvalue weighted by Gasteiger charge is -2.45. The Balaban J connectivity index is 1.69. The van der Waals surface area contributed by atoms with E-state index in [1.165, 1.54) is 0 Å². The molecular formula is C24H29NO4. The third-order valence-corrected chi connectivity index (χ3v) is 6.49. The van der Waals surface area contributed by atoms with E-state index in [9.17, 15) is 19.8 Å². The number of aromatic carboxylic acids is 1. The maximum atomic E-state index is 11.8. The number of hydrogen-bond donors (Lipinski definition) is 2. The van der Waals surface area contributed by atoms with Gasteiger partial charge in [-0.2, -0.15) is 0 Å². The van der Waals surface area contributed by atoms with Gasteiger partial charge in [0.2, 0.25) is 0 Å². The normalized spacial score (nSPS) is 23.4. The Morgan fingerprint density at radius 3 is 2.48 bits per heavy atom. The molecule has 1 aliphatic heterocycles. The molecule has 2 aromatic carbocycles. The first-order valence-corrected chi connectivity index (χ1v) is 10.1. The van der Waals surface area contributed by atoms with Crippen molar-refractivity contribution in [2.24, 2.45) is 11.8 Å². The topological polar surface area (TPSA) is 77.8 Å². The highest BCUT2D eigenvalue weighted by atomic mass is 16.4. The van der Waals surface area contributed by atoms with E-state index in [4.69, 9.17) is 0 Å². The van der Waals surface area contributed by atoms with Crippen LogP contribution in [0.1, 0.15) is 41.8 Å². The molecule has 0 radical (unpaired) electrons. The number of carboxylic acids is 2. The highest BCUT2D eigenvalue weighted by Gasteiger charge is 2.39. The maximum absolute atomic E-state index is 11.8. The number of hydrogen-bond acceptors (Lipinski definition) is 3. The van der Waals surface area contributed by atoms with Crippen molar-refractivity contribution in [1.82, 2.24) is 4.90 Å². The van der Waals surface area contributed by atoms with E-state index in [1.54, 1.807) is 12.1 Å². The third-order valence-electron chi connectivity index (χ3n) is 6.49. The summed E-state index contributed by atoms with van der Waals surface area (Å²) in [6.45, 7) is 6.49. The number of nitrogens with zero attached hydrogens (tertiary/aromatic N) is 1. The summed E-state index contributed by atoms with van der Waals surface area (Å²) >= 11 is 0. The van der Waals surface area contributed by atoms with E-state index in [0.29, 0.717) is 18.5 Å². The minimum absolute atomic E-state index is 0.125. The zero-order valence-electron chi connectivity index (χ0n) is 17.0. The number of likely N-dealkylation sites (tertiary alicyclic amines) is 1. The van der Waals surface area contributed by atoms with E-state index >= 15 is 0 Å². The lowest BCUT2D eigenvalue weighted by atomic mass is 9.67. The van der Waals surface area contributed by atoms with Gasteiger partial charge in [-0.25, -0.2) is 4.79 Å². The number of carbonyl (C=O) groups is 2. The van der Waals surface area contributed by atoms with Gasteiger partial charge in [-0.05, 0) is 54.0 Å². The van der Waals surface area contributed by atoms with Crippen LogP contribution < -0.4 is 0 Å². The van der Waals surface area contributed by atoms with Crippen molar-refractivity contribution < 1.29 is 19.8 Å². The molecule has 1 saturated heterocycles. The molecule has 2 N–H and O–H groups in total. The summed E-state index contributed by atoms with van der Waals surface area (Å²) in [6, 6.07) is 17.0. The van der Waals surface area contributed by atoms with Gasteiger partial charge in [-0.3, -0.25) is 4.79 Å². The molecular weight excluding hydrogens is 366 g/mol. The summed E-state index contributed by atoms with van der Waals surface area (Å²) in [5.41, 5.74) is 2.27. The highest BCUT2D eigenvalue weighted by Crippen LogP contribution is 2.39. The lowest BCUT2D eigenvalue weighted by Crippen LogP contribution is -2.49. The number of rotatable bonds is 7. The van der Waals surface area contributed by atoms with Gasteiger partial charge < -0.3 is 15.1 Å². The Morgan fingerprint density at radius 1 is 1.14 bits per heavy atom. The van der Waals surface area contributed by atoms with Gasteiger partial charge in [0.1, 0.15) is 0 Å². The Bertz CT molecular complexity index is 866. The summed E-state index contributed by atoms with van der Waals surface area (Å²) < 4.78 is 0. The molecule has 5 heteroatoms. The summed E-state index contributed by atoms with van der Waals surface area (Å²) in [5, 5.41) is 19.0. The zero-order valence-corrected chi connectivity index (χ0v) is 17.0. The second-order valence-corrected chi connectivity index (χ2v) is 8.44. The van der Waals surface area contributed by atoms with Gasteiger partial charge in [-0.1, -0.05) is 56.3 Å². The van der Waals surface area contributed by atoms with Crippen LogP contribution >= 0.6 is 0 Å². The number of piperidine rings is 1. The van der Waals surface area contributed by atoms with E-state index in [2.05, 4.69) is 18.7 Å². The van der Waals surface area contributed by atoms with Crippen molar-refractivity contribution in [2.75, 3.05) is 19.6 Å². The van der Waals surface area contributed by atoms with Crippen LogP contribution in [0.4, 0.5) is 0 Å². The monoisotopic (exact) mass is 395 g/mol. The molecule has 0 aromatic heterocycles. The van der Waals surface area contributed by atoms with E-state index in [1.807, 2.05) is 42.5 Å². The zero-order chi connectivity index (χ0) is 21.0. The van der Waals surface area contributed by atoms with Crippen molar-refractivity contribution in [3.63, 3.8) is 0 Å². The number of aliphatic carboxylic acids is 1. The molecule has 3 atom stereocenters. The average Bonchev–Trinajstić information content (AvgIpc) is 2.71. The second-order valence-electron chi connectivity index (χ2n) is 8.44. The molecule has 2 aromatic rings. The van der Waals surface area contributed by atoms with Crippen LogP contribution in [0.3, 0.4) is 0 Å².